The molecule has 3 N–H and O–H groups in total. The van der Waals surface area contributed by atoms with E-state index in [9.17, 15) is 18.0 Å². The Bertz CT molecular complexity index is 631. The van der Waals surface area contributed by atoms with Crippen LogP contribution in [-0.4, -0.2) is 35.1 Å². The summed E-state index contributed by atoms with van der Waals surface area (Å²) in [5.74, 6) is -2.92. The van der Waals surface area contributed by atoms with Gasteiger partial charge in [-0.3, -0.25) is 4.55 Å². The third-order valence-corrected chi connectivity index (χ3v) is 3.38. The molecule has 0 saturated carbocycles. The number of aromatic carboxylic acids is 2. The molecule has 0 aliphatic rings. The summed E-state index contributed by atoms with van der Waals surface area (Å²) in [6.45, 7) is 1.70. The zero-order valence-electron chi connectivity index (χ0n) is 9.95. The van der Waals surface area contributed by atoms with Gasteiger partial charge in [0.2, 0.25) is 0 Å². The predicted molar refractivity (Wildman–Crippen MR) is 64.2 cm³/mol. The maximum atomic E-state index is 11.2. The van der Waals surface area contributed by atoms with Crippen LogP contribution in [0.2, 0.25) is 0 Å². The topological polar surface area (TPSA) is 129 Å². The number of carbonyl (C=O) groups is 2. The van der Waals surface area contributed by atoms with Gasteiger partial charge in [0.15, 0.2) is 0 Å². The number of benzene rings is 1. The Kier molecular flexibility index (Phi) is 4.28. The van der Waals surface area contributed by atoms with E-state index in [4.69, 9.17) is 14.8 Å². The van der Waals surface area contributed by atoms with Gasteiger partial charge >= 0.3 is 11.9 Å². The van der Waals surface area contributed by atoms with E-state index in [1.165, 1.54) is 0 Å². The number of hydrogen-bond acceptors (Lipinski definition) is 4. The highest BCUT2D eigenvalue weighted by Crippen LogP contribution is 2.24. The number of carboxylic acid groups (broad SMARTS) is 2. The zero-order chi connectivity index (χ0) is 14.8. The molecule has 0 radical (unpaired) electrons. The first-order valence-electron chi connectivity index (χ1n) is 5.29. The lowest BCUT2D eigenvalue weighted by atomic mass is 10.00. The van der Waals surface area contributed by atoms with Crippen molar-refractivity contribution in [3.05, 3.63) is 28.8 Å². The Hall–Kier alpha value is -1.93. The second-order valence-corrected chi connectivity index (χ2v) is 5.23. The molecule has 0 unspecified atom stereocenters. The highest BCUT2D eigenvalue weighted by molar-refractivity contribution is 7.85. The van der Waals surface area contributed by atoms with Crippen molar-refractivity contribution in [1.29, 1.82) is 0 Å². The van der Waals surface area contributed by atoms with E-state index in [1.807, 2.05) is 0 Å². The number of rotatable bonds is 5. The first-order chi connectivity index (χ1) is 8.68. The van der Waals surface area contributed by atoms with E-state index in [0.717, 1.165) is 12.1 Å². The largest absolute Gasteiger partial charge is 0.478 e. The number of hydrogen-bond donors (Lipinski definition) is 3. The van der Waals surface area contributed by atoms with Crippen molar-refractivity contribution in [3.8, 4) is 0 Å². The molecule has 7 nitrogen and oxygen atoms in total. The minimum absolute atomic E-state index is 0.0939. The van der Waals surface area contributed by atoms with Crippen molar-refractivity contribution in [2.75, 3.05) is 0 Å². The molecule has 1 aromatic rings. The fourth-order valence-corrected chi connectivity index (χ4v) is 2.50. The van der Waals surface area contributed by atoms with Gasteiger partial charge < -0.3 is 10.2 Å². The highest BCUT2D eigenvalue weighted by Gasteiger charge is 2.24. The van der Waals surface area contributed by atoms with Crippen LogP contribution in [-0.2, 0) is 16.5 Å². The lowest BCUT2D eigenvalue weighted by Crippen LogP contribution is -2.13. The van der Waals surface area contributed by atoms with Crippen LogP contribution in [0.1, 0.15) is 39.6 Å². The van der Waals surface area contributed by atoms with Gasteiger partial charge in [0.05, 0.1) is 16.0 Å². The van der Waals surface area contributed by atoms with E-state index in [0.29, 0.717) is 6.42 Å². The van der Waals surface area contributed by atoms with Crippen molar-refractivity contribution in [3.63, 3.8) is 0 Å². The molecule has 19 heavy (non-hydrogen) atoms. The molecule has 0 aliphatic carbocycles. The lowest BCUT2D eigenvalue weighted by molar-refractivity contribution is 0.0695. The molecule has 0 heterocycles. The van der Waals surface area contributed by atoms with Gasteiger partial charge in [-0.25, -0.2) is 9.59 Å². The third-order valence-electron chi connectivity index (χ3n) is 2.46. The van der Waals surface area contributed by atoms with Gasteiger partial charge in [0, 0.05) is 0 Å². The smallest absolute Gasteiger partial charge is 0.336 e. The van der Waals surface area contributed by atoms with Gasteiger partial charge in [-0.2, -0.15) is 8.42 Å². The maximum Gasteiger partial charge on any atom is 0.336 e. The maximum absolute atomic E-state index is 11.2. The summed E-state index contributed by atoms with van der Waals surface area (Å²) < 4.78 is 31.6. The minimum atomic E-state index is -4.69. The lowest BCUT2D eigenvalue weighted by Gasteiger charge is -2.11. The van der Waals surface area contributed by atoms with Crippen LogP contribution in [0.4, 0.5) is 0 Å². The highest BCUT2D eigenvalue weighted by atomic mass is 32.2. The van der Waals surface area contributed by atoms with Crippen LogP contribution in [0.5, 0.6) is 0 Å². The van der Waals surface area contributed by atoms with Gasteiger partial charge in [0.25, 0.3) is 10.1 Å². The van der Waals surface area contributed by atoms with Crippen molar-refractivity contribution < 1.29 is 32.8 Å². The third kappa shape index (κ3) is 3.30. The molecule has 0 fully saturated rings. The monoisotopic (exact) mass is 288 g/mol. The predicted octanol–water partition coefficient (Wildman–Crippen LogP) is 1.28. The van der Waals surface area contributed by atoms with Crippen LogP contribution >= 0.6 is 0 Å². The molecule has 0 spiro atoms. The summed E-state index contributed by atoms with van der Waals surface area (Å²) >= 11 is 0. The van der Waals surface area contributed by atoms with E-state index < -0.39 is 38.1 Å². The quantitative estimate of drug-likeness (QED) is 0.696. The minimum Gasteiger partial charge on any atom is -0.478 e. The van der Waals surface area contributed by atoms with Crippen LogP contribution in [0.15, 0.2) is 17.0 Å². The van der Waals surface area contributed by atoms with Gasteiger partial charge in [-0.15, -0.1) is 0 Å². The van der Waals surface area contributed by atoms with E-state index in [2.05, 4.69) is 0 Å². The first kappa shape index (κ1) is 15.1. The van der Waals surface area contributed by atoms with Gasteiger partial charge in [-0.1, -0.05) is 13.3 Å². The molecule has 0 amide bonds. The molecule has 0 atom stereocenters. The summed E-state index contributed by atoms with van der Waals surface area (Å²) in [6, 6.07) is 1.64. The summed E-state index contributed by atoms with van der Waals surface area (Å²) in [6.07, 6.45) is 0.534. The summed E-state index contributed by atoms with van der Waals surface area (Å²) in [5, 5.41) is 17.9. The molecule has 1 rings (SSSR count). The Morgan fingerprint density at radius 2 is 1.74 bits per heavy atom. The molecular weight excluding hydrogens is 276 g/mol. The fourth-order valence-electron chi connectivity index (χ4n) is 1.70. The van der Waals surface area contributed by atoms with E-state index in [-0.39, 0.29) is 12.0 Å². The Morgan fingerprint density at radius 1 is 1.16 bits per heavy atom. The van der Waals surface area contributed by atoms with Crippen LogP contribution in [0.25, 0.3) is 0 Å². The second kappa shape index (κ2) is 5.37. The van der Waals surface area contributed by atoms with Crippen LogP contribution in [0.3, 0.4) is 0 Å². The standard InChI is InChI=1S/C11H12O7S/c1-2-3-7-8(11(14)15)4-6(10(12)13)5-9(7)19(16,17)18/h4-5H,2-3H2,1H3,(H,12,13)(H,14,15)(H,16,17,18). The SMILES string of the molecule is CCCc1c(C(=O)O)cc(C(=O)O)cc1S(=O)(=O)O. The average Bonchev–Trinajstić information content (AvgIpc) is 2.27. The molecule has 0 bridgehead atoms. The molecule has 0 aliphatic heterocycles. The Morgan fingerprint density at radius 3 is 2.11 bits per heavy atom. The summed E-state index contributed by atoms with van der Waals surface area (Å²) in [7, 11) is -4.69. The molecule has 1 aromatic carbocycles. The molecule has 0 saturated heterocycles. The van der Waals surface area contributed by atoms with E-state index >= 15 is 0 Å². The van der Waals surface area contributed by atoms with Crippen molar-refractivity contribution in [2.24, 2.45) is 0 Å². The second-order valence-electron chi connectivity index (χ2n) is 3.84. The fraction of sp³-hybridized carbons (Fsp3) is 0.273. The van der Waals surface area contributed by atoms with Gasteiger partial charge in [0.1, 0.15) is 0 Å². The van der Waals surface area contributed by atoms with Crippen LogP contribution < -0.4 is 0 Å². The van der Waals surface area contributed by atoms with E-state index in [1.54, 1.807) is 6.92 Å². The van der Waals surface area contributed by atoms with Crippen molar-refractivity contribution >= 4 is 22.1 Å². The van der Waals surface area contributed by atoms with Crippen LogP contribution in [0, 0.1) is 0 Å². The Balaban J connectivity index is 3.75. The van der Waals surface area contributed by atoms with Crippen molar-refractivity contribution in [1.82, 2.24) is 0 Å². The van der Waals surface area contributed by atoms with Gasteiger partial charge in [-0.05, 0) is 24.1 Å². The normalized spacial score (nSPS) is 11.3. The average molecular weight is 288 g/mol. The first-order valence-corrected chi connectivity index (χ1v) is 6.73. The Labute approximate surface area is 109 Å². The number of carboxylic acids is 2. The molecule has 0 aromatic heterocycles. The summed E-state index contributed by atoms with van der Waals surface area (Å²) in [4.78, 5) is 21.3. The summed E-state index contributed by atoms with van der Waals surface area (Å²) in [5.41, 5.74) is -1.04. The van der Waals surface area contributed by atoms with Crippen molar-refractivity contribution in [2.45, 2.75) is 24.7 Å². The zero-order valence-corrected chi connectivity index (χ0v) is 10.8. The molecular formula is C11H12O7S. The molecule has 8 heteroatoms. The molecule has 104 valence electrons.